The van der Waals surface area contributed by atoms with Crippen LogP contribution in [0.4, 0.5) is 0 Å². The molecule has 7 N–H and O–H groups in total. The molecule has 0 radical (unpaired) electrons. The molecule has 0 amide bonds. The maximum atomic E-state index is 12.8. The third-order valence-electron chi connectivity index (χ3n) is 14.4. The second-order valence-corrected chi connectivity index (χ2v) is 17.1. The molecule has 15 nitrogen and oxygen atoms in total. The number of rotatable bonds is 7. The molecule has 0 aromatic rings. The van der Waals surface area contributed by atoms with Crippen LogP contribution in [0.15, 0.2) is 11.6 Å². The predicted molar refractivity (Wildman–Crippen MR) is 177 cm³/mol. The molecule has 15 heteroatoms. The molecule has 3 aliphatic heterocycles. The number of aliphatic hydroxyl groups excluding tert-OH is 6. The Labute approximate surface area is 303 Å². The first-order valence-corrected chi connectivity index (χ1v) is 18.9. The van der Waals surface area contributed by atoms with Gasteiger partial charge in [-0.25, -0.2) is 4.79 Å². The second kappa shape index (κ2) is 14.1. The van der Waals surface area contributed by atoms with E-state index in [0.29, 0.717) is 25.7 Å². The molecule has 0 aromatic heterocycles. The van der Waals surface area contributed by atoms with Gasteiger partial charge >= 0.3 is 11.9 Å². The van der Waals surface area contributed by atoms with Crippen LogP contribution >= 0.6 is 0 Å². The number of carbonyl (C=O) groups is 2. The van der Waals surface area contributed by atoms with Crippen molar-refractivity contribution in [3.8, 4) is 0 Å². The number of hydrogen-bond acceptors (Lipinski definition) is 15. The molecule has 0 spiro atoms. The summed E-state index contributed by atoms with van der Waals surface area (Å²) in [5.74, 6) is -0.761. The van der Waals surface area contributed by atoms with Crippen molar-refractivity contribution in [3.05, 3.63) is 11.6 Å². The maximum absolute atomic E-state index is 12.8. The topological polar surface area (TPSA) is 231 Å². The van der Waals surface area contributed by atoms with Gasteiger partial charge in [-0.05, 0) is 80.6 Å². The highest BCUT2D eigenvalue weighted by Gasteiger charge is 2.71. The van der Waals surface area contributed by atoms with Gasteiger partial charge in [0, 0.05) is 30.8 Å². The highest BCUT2D eigenvalue weighted by molar-refractivity contribution is 5.85. The smallest absolute Gasteiger partial charge is 0.331 e. The van der Waals surface area contributed by atoms with Crippen LogP contribution in [-0.4, -0.2) is 140 Å². The number of cyclic esters (lactones) is 1. The van der Waals surface area contributed by atoms with Crippen LogP contribution < -0.4 is 0 Å². The van der Waals surface area contributed by atoms with Crippen LogP contribution in [0.25, 0.3) is 0 Å². The Bertz CT molecular complexity index is 1390. The molecule has 19 atom stereocenters. The molecule has 4 saturated carbocycles. The van der Waals surface area contributed by atoms with Gasteiger partial charge < -0.3 is 64.2 Å². The minimum Gasteiger partial charge on any atom is -0.462 e. The predicted octanol–water partition coefficient (Wildman–Crippen LogP) is -0.178. The first-order valence-electron chi connectivity index (χ1n) is 18.9. The molecular weight excluding hydrogens is 684 g/mol. The molecule has 294 valence electrons. The van der Waals surface area contributed by atoms with Gasteiger partial charge in [0.05, 0.1) is 24.4 Å². The van der Waals surface area contributed by atoms with Crippen molar-refractivity contribution in [3.63, 3.8) is 0 Å². The van der Waals surface area contributed by atoms with Crippen LogP contribution in [0.5, 0.6) is 0 Å². The van der Waals surface area contributed by atoms with E-state index in [4.69, 9.17) is 28.4 Å². The Kier molecular flexibility index (Phi) is 10.4. The summed E-state index contributed by atoms with van der Waals surface area (Å²) >= 11 is 0. The maximum Gasteiger partial charge on any atom is 0.331 e. The molecule has 6 fully saturated rings. The molecule has 2 saturated heterocycles. The summed E-state index contributed by atoms with van der Waals surface area (Å²) in [5, 5.41) is 75.3. The fraction of sp³-hybridized carbons (Fsp3) is 0.892. The van der Waals surface area contributed by atoms with Gasteiger partial charge in [-0.2, -0.15) is 0 Å². The van der Waals surface area contributed by atoms with Crippen molar-refractivity contribution in [2.24, 2.45) is 34.5 Å². The lowest BCUT2D eigenvalue weighted by Crippen LogP contribution is -2.64. The van der Waals surface area contributed by atoms with Crippen LogP contribution in [0.3, 0.4) is 0 Å². The zero-order valence-corrected chi connectivity index (χ0v) is 30.3. The number of hydrogen-bond donors (Lipinski definition) is 7. The number of carbonyl (C=O) groups excluding carboxylic acids is 2. The molecule has 52 heavy (non-hydrogen) atoms. The summed E-state index contributed by atoms with van der Waals surface area (Å²) < 4.78 is 35.1. The fourth-order valence-corrected chi connectivity index (χ4v) is 11.6. The van der Waals surface area contributed by atoms with E-state index in [1.807, 2.05) is 0 Å². The molecule has 3 heterocycles. The first-order chi connectivity index (χ1) is 24.5. The van der Waals surface area contributed by atoms with Crippen LogP contribution in [0.2, 0.25) is 0 Å². The third kappa shape index (κ3) is 6.16. The Morgan fingerprint density at radius 2 is 1.65 bits per heavy atom. The largest absolute Gasteiger partial charge is 0.462 e. The van der Waals surface area contributed by atoms with Crippen molar-refractivity contribution in [2.75, 3.05) is 13.2 Å². The lowest BCUT2D eigenvalue weighted by atomic mass is 9.43. The zero-order valence-electron chi connectivity index (χ0n) is 30.3. The summed E-state index contributed by atoms with van der Waals surface area (Å²) in [6.07, 6.45) is -7.73. The number of esters is 2. The average molecular weight is 741 g/mol. The summed E-state index contributed by atoms with van der Waals surface area (Å²) in [6.45, 7) is 6.84. The van der Waals surface area contributed by atoms with Gasteiger partial charge in [0.2, 0.25) is 0 Å². The van der Waals surface area contributed by atoms with E-state index in [1.54, 1.807) is 6.92 Å². The van der Waals surface area contributed by atoms with Gasteiger partial charge in [-0.1, -0.05) is 13.8 Å². The van der Waals surface area contributed by atoms with Gasteiger partial charge in [0.15, 0.2) is 12.6 Å². The van der Waals surface area contributed by atoms with Gasteiger partial charge in [-0.3, -0.25) is 4.79 Å². The molecule has 7 aliphatic rings. The van der Waals surface area contributed by atoms with Crippen LogP contribution in [-0.2, 0) is 38.0 Å². The summed E-state index contributed by atoms with van der Waals surface area (Å²) in [6, 6.07) is 0. The van der Waals surface area contributed by atoms with E-state index < -0.39 is 97.1 Å². The molecule has 0 aromatic carbocycles. The van der Waals surface area contributed by atoms with Crippen LogP contribution in [0.1, 0.15) is 79.1 Å². The highest BCUT2D eigenvalue weighted by atomic mass is 16.8. The summed E-state index contributed by atoms with van der Waals surface area (Å²) in [7, 11) is 0. The van der Waals surface area contributed by atoms with E-state index in [2.05, 4.69) is 13.8 Å². The van der Waals surface area contributed by atoms with Crippen LogP contribution in [0, 0.1) is 34.5 Å². The Balaban J connectivity index is 1.07. The lowest BCUT2D eigenvalue weighted by molar-refractivity contribution is -0.370. The summed E-state index contributed by atoms with van der Waals surface area (Å²) in [5.41, 5.74) is -1.08. The number of fused-ring (bicyclic) bond motifs is 5. The normalized spacial score (nSPS) is 53.3. The van der Waals surface area contributed by atoms with Crippen molar-refractivity contribution < 1.29 is 73.8 Å². The Morgan fingerprint density at radius 3 is 2.33 bits per heavy atom. The Morgan fingerprint density at radius 1 is 0.904 bits per heavy atom. The number of aliphatic hydroxyl groups is 7. The fourth-order valence-electron chi connectivity index (χ4n) is 11.6. The van der Waals surface area contributed by atoms with E-state index in [9.17, 15) is 45.3 Å². The minimum absolute atomic E-state index is 0.0397. The first kappa shape index (κ1) is 38.5. The Hall–Kier alpha value is -1.76. The molecular formula is C37H56O15. The van der Waals surface area contributed by atoms with E-state index in [1.165, 1.54) is 13.0 Å². The average Bonchev–Trinajstić information content (AvgIpc) is 3.61. The number of ether oxygens (including phenoxy) is 6. The monoisotopic (exact) mass is 740 g/mol. The molecule has 4 aliphatic carbocycles. The van der Waals surface area contributed by atoms with Gasteiger partial charge in [-0.15, -0.1) is 0 Å². The SMILES string of the molecule is CC(=O)O[C@H]1C[C@]2(O)[C@@H]3CC[C@@H]4C[C@H](O[C@H]5O[C@@H](C)[C@H](O)[C@@H](O)[C@H]5O[C@H]5O[C@H](CO)[C@H](O)[C@@H](O)[C@H]5O)CC[C@]4(C)[C@H]3CC[C@]2(C)[C@@H]1C1=CC(=O)OC1. The summed E-state index contributed by atoms with van der Waals surface area (Å²) in [4.78, 5) is 24.4. The van der Waals surface area contributed by atoms with Crippen molar-refractivity contribution in [2.45, 2.75) is 158 Å². The van der Waals surface area contributed by atoms with E-state index in [-0.39, 0.29) is 41.8 Å². The van der Waals surface area contributed by atoms with Crippen molar-refractivity contribution in [1.82, 2.24) is 0 Å². The minimum atomic E-state index is -1.72. The van der Waals surface area contributed by atoms with Gasteiger partial charge in [0.1, 0.15) is 55.4 Å². The molecule has 0 bridgehead atoms. The van der Waals surface area contributed by atoms with Crippen molar-refractivity contribution in [1.29, 1.82) is 0 Å². The quantitative estimate of drug-likeness (QED) is 0.133. The zero-order chi connectivity index (χ0) is 37.5. The third-order valence-corrected chi connectivity index (χ3v) is 14.4. The van der Waals surface area contributed by atoms with E-state index in [0.717, 1.165) is 31.3 Å². The lowest BCUT2D eigenvalue weighted by Gasteiger charge is -2.63. The van der Waals surface area contributed by atoms with Gasteiger partial charge in [0.25, 0.3) is 0 Å². The highest BCUT2D eigenvalue weighted by Crippen LogP contribution is 2.70. The van der Waals surface area contributed by atoms with Crippen molar-refractivity contribution >= 4 is 11.9 Å². The second-order valence-electron chi connectivity index (χ2n) is 17.1. The molecule has 7 rings (SSSR count). The standard InChI is InChI=1S/C37H56O15/c1-16-27(41)30(44)32(52-33-31(45)29(43)28(42)24(14-38)51-33)34(48-16)50-20-7-9-35(3)19(12-20)5-6-22-21(35)8-10-36(4)26(18-11-25(40)47-15-18)23(49-17(2)39)13-37(22,36)46/h11,16,19-24,26-34,38,41-46H,5-10,12-15H2,1-4H3/t16-,19+,20+,21-,22+,23-,24+,26+,27-,28-,29+,30+,31+,32+,33+,34+,35-,36+,37-/m0/s1. The molecule has 0 unspecified atom stereocenters. The van der Waals surface area contributed by atoms with E-state index >= 15 is 0 Å².